The number of aryl methyl sites for hydroxylation is 2. The lowest BCUT2D eigenvalue weighted by molar-refractivity contribution is -0.134. The van der Waals surface area contributed by atoms with Gasteiger partial charge in [0.15, 0.2) is 0 Å². The lowest BCUT2D eigenvalue weighted by atomic mass is 9.84. The number of benzene rings is 3. The number of amides is 2. The van der Waals surface area contributed by atoms with Crippen molar-refractivity contribution >= 4 is 79.9 Å². The SMILES string of the molecule is CCc1ccc2c(P(C)(C)=O)c(Nc3nc(Nc4cc(CC)c(N5CCC(N6CCC(N7CC(c8cc(F)c([C@H]9CCC(=O)NC9=O)c(F)c8)C7)CC6)CC5)cc4OC)ncc3Br)ccc2n1. The maximum absolute atomic E-state index is 15.2. The van der Waals surface area contributed by atoms with Gasteiger partial charge in [-0.2, -0.15) is 4.98 Å². The standard InChI is InChI=1S/C50H59BrF2N9O4P/c1-6-29-24-42(57-50-54-26-37(51)48(59-50)56-41-12-11-40-35(47(41)67(4,5)65)9-8-32(7-2)55-40)44(66-3)25-43(29)61-20-16-33(17-21-61)60-18-14-34(15-19-60)62-27-31(28-62)30-22-38(52)46(39(53)23-30)36-10-13-45(63)58-49(36)64/h8-9,11-12,22-26,31,33-34,36H,6-7,10,13-21,27-28H2,1-5H3,(H,58,63,64)(H2,54,56,57,59)/t36-/m1/s1. The van der Waals surface area contributed by atoms with Crippen molar-refractivity contribution in [2.45, 2.75) is 89.1 Å². The molecular weight excluding hydrogens is 939 g/mol. The van der Waals surface area contributed by atoms with E-state index in [2.05, 4.69) is 77.5 Å². The third-order valence-electron chi connectivity index (χ3n) is 14.2. The Bertz CT molecular complexity index is 2730. The summed E-state index contributed by atoms with van der Waals surface area (Å²) in [4.78, 5) is 45.7. The van der Waals surface area contributed by atoms with Crippen LogP contribution in [-0.2, 0) is 27.0 Å². The van der Waals surface area contributed by atoms with Crippen molar-refractivity contribution in [2.75, 3.05) is 75.2 Å². The Morgan fingerprint density at radius 2 is 1.55 bits per heavy atom. The molecule has 6 heterocycles. The van der Waals surface area contributed by atoms with Crippen LogP contribution in [0.1, 0.15) is 86.6 Å². The first-order chi connectivity index (χ1) is 32.2. The van der Waals surface area contributed by atoms with Crippen molar-refractivity contribution < 1.29 is 27.7 Å². The first-order valence-electron chi connectivity index (χ1n) is 23.5. The molecule has 67 heavy (non-hydrogen) atoms. The molecule has 0 radical (unpaired) electrons. The highest BCUT2D eigenvalue weighted by Gasteiger charge is 2.39. The van der Waals surface area contributed by atoms with Gasteiger partial charge in [0.1, 0.15) is 30.3 Å². The van der Waals surface area contributed by atoms with Crippen LogP contribution in [0.2, 0.25) is 0 Å². The van der Waals surface area contributed by atoms with Crippen LogP contribution in [0.4, 0.5) is 37.6 Å². The summed E-state index contributed by atoms with van der Waals surface area (Å²) >= 11 is 3.63. The summed E-state index contributed by atoms with van der Waals surface area (Å²) in [5.41, 5.74) is 6.03. The van der Waals surface area contributed by atoms with E-state index in [0.29, 0.717) is 45.3 Å². The Balaban J connectivity index is 0.799. The number of hydrogen-bond acceptors (Lipinski definition) is 12. The van der Waals surface area contributed by atoms with Crippen molar-refractivity contribution in [1.82, 2.24) is 30.1 Å². The van der Waals surface area contributed by atoms with E-state index in [1.807, 2.05) is 24.3 Å². The van der Waals surface area contributed by atoms with E-state index in [4.69, 9.17) is 14.7 Å². The molecule has 3 N–H and O–H groups in total. The number of ether oxygens (including phenoxy) is 1. The molecule has 3 aromatic carbocycles. The molecule has 9 rings (SSSR count). The zero-order valence-corrected chi connectivity index (χ0v) is 41.3. The van der Waals surface area contributed by atoms with Gasteiger partial charge in [0, 0.05) is 90.5 Å². The third-order valence-corrected chi connectivity index (χ3v) is 16.4. The van der Waals surface area contributed by atoms with Gasteiger partial charge in [-0.15, -0.1) is 0 Å². The van der Waals surface area contributed by atoms with Gasteiger partial charge in [-0.25, -0.2) is 13.8 Å². The lowest BCUT2D eigenvalue weighted by Gasteiger charge is -2.49. The number of nitrogens with zero attached hydrogens (tertiary/aromatic N) is 6. The van der Waals surface area contributed by atoms with E-state index >= 15 is 8.78 Å². The van der Waals surface area contributed by atoms with Crippen LogP contribution >= 0.6 is 23.1 Å². The number of aromatic nitrogens is 3. The molecule has 13 nitrogen and oxygen atoms in total. The topological polar surface area (TPSA) is 145 Å². The van der Waals surface area contributed by atoms with Crippen molar-refractivity contribution in [1.29, 1.82) is 0 Å². The van der Waals surface area contributed by atoms with Crippen LogP contribution in [0.3, 0.4) is 0 Å². The van der Waals surface area contributed by atoms with Gasteiger partial charge in [-0.3, -0.25) is 24.8 Å². The Hall–Kier alpha value is -5.02. The highest BCUT2D eigenvalue weighted by Crippen LogP contribution is 2.43. The third kappa shape index (κ3) is 9.82. The number of likely N-dealkylation sites (tertiary alicyclic amines) is 2. The molecular formula is C50H59BrF2N9O4P. The molecule has 0 spiro atoms. The first kappa shape index (κ1) is 47.1. The summed E-state index contributed by atoms with van der Waals surface area (Å²) in [6.07, 6.45) is 7.79. The van der Waals surface area contributed by atoms with Crippen LogP contribution in [0.25, 0.3) is 10.9 Å². The van der Waals surface area contributed by atoms with Crippen LogP contribution in [0.15, 0.2) is 59.2 Å². The van der Waals surface area contributed by atoms with E-state index in [-0.39, 0.29) is 24.3 Å². The van der Waals surface area contributed by atoms with E-state index < -0.39 is 36.5 Å². The van der Waals surface area contributed by atoms with Crippen LogP contribution < -0.4 is 30.9 Å². The van der Waals surface area contributed by atoms with Gasteiger partial charge in [0.2, 0.25) is 17.8 Å². The second-order valence-electron chi connectivity index (χ2n) is 18.7. The zero-order valence-electron chi connectivity index (χ0n) is 38.8. The predicted molar refractivity (Wildman–Crippen MR) is 265 cm³/mol. The van der Waals surface area contributed by atoms with Gasteiger partial charge < -0.3 is 29.7 Å². The Kier molecular flexibility index (Phi) is 13.7. The fraction of sp³-hybridized carbons (Fsp3) is 0.460. The average Bonchev–Trinajstić information content (AvgIpc) is 3.29. The minimum Gasteiger partial charge on any atom is -0.494 e. The van der Waals surface area contributed by atoms with Gasteiger partial charge in [0.25, 0.3) is 0 Å². The van der Waals surface area contributed by atoms with Crippen LogP contribution in [-0.4, -0.2) is 108 Å². The van der Waals surface area contributed by atoms with Crippen LogP contribution in [0, 0.1) is 11.6 Å². The number of pyridine rings is 1. The summed E-state index contributed by atoms with van der Waals surface area (Å²) in [7, 11) is -1.07. The summed E-state index contributed by atoms with van der Waals surface area (Å²) in [6.45, 7) is 13.3. The second kappa shape index (κ2) is 19.5. The molecule has 1 atom stereocenters. The molecule has 5 aromatic rings. The molecule has 2 aromatic heterocycles. The minimum absolute atomic E-state index is 0.0471. The predicted octanol–water partition coefficient (Wildman–Crippen LogP) is 8.99. The number of fused-ring (bicyclic) bond motifs is 1. The molecule has 4 saturated heterocycles. The largest absolute Gasteiger partial charge is 0.494 e. The summed E-state index contributed by atoms with van der Waals surface area (Å²) in [5.74, 6) is -1.80. The second-order valence-corrected chi connectivity index (χ2v) is 22.8. The number of anilines is 5. The number of hydrogen-bond donors (Lipinski definition) is 3. The summed E-state index contributed by atoms with van der Waals surface area (Å²) in [5, 5.41) is 10.6. The van der Waals surface area contributed by atoms with Gasteiger partial charge in [0.05, 0.1) is 34.4 Å². The maximum Gasteiger partial charge on any atom is 0.234 e. The minimum atomic E-state index is -2.74. The first-order valence-corrected chi connectivity index (χ1v) is 26.9. The number of piperidine rings is 3. The van der Waals surface area contributed by atoms with Crippen molar-refractivity contribution in [3.05, 3.63) is 93.2 Å². The number of nitrogens with one attached hydrogen (secondary N) is 3. The number of methoxy groups -OCH3 is 1. The van der Waals surface area contributed by atoms with Crippen molar-refractivity contribution in [2.24, 2.45) is 0 Å². The number of rotatable bonds is 13. The van der Waals surface area contributed by atoms with Gasteiger partial charge >= 0.3 is 0 Å². The molecule has 354 valence electrons. The fourth-order valence-electron chi connectivity index (χ4n) is 10.6. The molecule has 2 amide bonds. The Morgan fingerprint density at radius 1 is 0.851 bits per heavy atom. The van der Waals surface area contributed by atoms with E-state index in [1.54, 1.807) is 26.6 Å². The highest BCUT2D eigenvalue weighted by molar-refractivity contribution is 9.10. The van der Waals surface area contributed by atoms with E-state index in [9.17, 15) is 14.2 Å². The fourth-order valence-corrected chi connectivity index (χ4v) is 12.4. The molecule has 4 fully saturated rings. The zero-order chi connectivity index (χ0) is 47.1. The Labute approximate surface area is 399 Å². The van der Waals surface area contributed by atoms with Gasteiger partial charge in [-0.1, -0.05) is 19.9 Å². The number of halogens is 3. The quantitative estimate of drug-likeness (QED) is 0.0765. The number of carbonyl (C=O) groups excluding carboxylic acids is 2. The van der Waals surface area contributed by atoms with Crippen molar-refractivity contribution in [3.63, 3.8) is 0 Å². The molecule has 0 aliphatic carbocycles. The molecule has 4 aliphatic rings. The molecule has 0 bridgehead atoms. The van der Waals surface area contributed by atoms with Crippen molar-refractivity contribution in [3.8, 4) is 5.75 Å². The Morgan fingerprint density at radius 3 is 2.21 bits per heavy atom. The lowest BCUT2D eigenvalue weighted by Crippen LogP contribution is -2.56. The smallest absolute Gasteiger partial charge is 0.234 e. The average molecular weight is 999 g/mol. The molecule has 0 saturated carbocycles. The summed E-state index contributed by atoms with van der Waals surface area (Å²) < 4.78 is 50.8. The normalized spacial score (nSPS) is 19.4. The molecule has 4 aliphatic heterocycles. The molecule has 0 unspecified atom stereocenters. The van der Waals surface area contributed by atoms with E-state index in [0.717, 1.165) is 105 Å². The van der Waals surface area contributed by atoms with Gasteiger partial charge in [-0.05, 0) is 135 Å². The molecule has 17 heteroatoms. The van der Waals surface area contributed by atoms with Crippen LogP contribution in [0.5, 0.6) is 5.75 Å². The summed E-state index contributed by atoms with van der Waals surface area (Å²) in [6, 6.07) is 15.9. The van der Waals surface area contributed by atoms with E-state index in [1.165, 1.54) is 23.4 Å². The monoisotopic (exact) mass is 997 g/mol. The highest BCUT2D eigenvalue weighted by atomic mass is 79.9. The number of imide groups is 1. The maximum atomic E-state index is 15.2. The number of carbonyl (C=O) groups is 2.